The van der Waals surface area contributed by atoms with Gasteiger partial charge in [-0.25, -0.2) is 4.98 Å². The van der Waals surface area contributed by atoms with Gasteiger partial charge in [0.2, 0.25) is 11.7 Å². The number of rotatable bonds is 6. The Labute approximate surface area is 225 Å². The lowest BCUT2D eigenvalue weighted by Gasteiger charge is -2.33. The number of furan rings is 1. The second-order valence-electron chi connectivity index (χ2n) is 7.93. The molecule has 9 nitrogen and oxygen atoms in total. The molecule has 36 heavy (non-hydrogen) atoms. The van der Waals surface area contributed by atoms with E-state index in [4.69, 9.17) is 27.6 Å². The molecule has 1 fully saturated rings. The van der Waals surface area contributed by atoms with Crippen molar-refractivity contribution < 1.29 is 14.0 Å². The summed E-state index contributed by atoms with van der Waals surface area (Å²) in [6.07, 6.45) is 1.57. The zero-order valence-corrected chi connectivity index (χ0v) is 22.2. The molecule has 2 amide bonds. The van der Waals surface area contributed by atoms with Crippen molar-refractivity contribution in [2.45, 2.75) is 17.8 Å². The highest BCUT2D eigenvalue weighted by molar-refractivity contribution is 7.98. The standard InChI is InChI=1S/C23H20Cl2N6O3S2/c1-14(32)29-6-8-30(9-7-29)22(33)17-12-35-20(26-17)13-36-23-28-27-21(19-3-2-10-34-19)31(23)18-5-4-15(24)11-16(18)25/h2-5,10-12H,6-9,13H2,1H3. The fourth-order valence-electron chi connectivity index (χ4n) is 3.80. The summed E-state index contributed by atoms with van der Waals surface area (Å²) in [5, 5.41) is 12.8. The van der Waals surface area contributed by atoms with E-state index in [1.165, 1.54) is 23.1 Å². The third kappa shape index (κ3) is 5.15. The van der Waals surface area contributed by atoms with Crippen LogP contribution in [0.5, 0.6) is 0 Å². The van der Waals surface area contributed by atoms with Gasteiger partial charge in [0, 0.05) is 43.5 Å². The average molecular weight is 563 g/mol. The number of benzene rings is 1. The number of hydrogen-bond acceptors (Lipinski definition) is 8. The molecule has 0 radical (unpaired) electrons. The van der Waals surface area contributed by atoms with Gasteiger partial charge in [-0.1, -0.05) is 35.0 Å². The monoisotopic (exact) mass is 562 g/mol. The Hall–Kier alpha value is -2.86. The maximum absolute atomic E-state index is 12.9. The van der Waals surface area contributed by atoms with E-state index >= 15 is 0 Å². The minimum atomic E-state index is -0.123. The van der Waals surface area contributed by atoms with Gasteiger partial charge < -0.3 is 14.2 Å². The fraction of sp³-hybridized carbons (Fsp3) is 0.261. The highest BCUT2D eigenvalue weighted by atomic mass is 35.5. The van der Waals surface area contributed by atoms with Crippen LogP contribution in [0.25, 0.3) is 17.3 Å². The molecule has 0 N–H and O–H groups in total. The van der Waals surface area contributed by atoms with E-state index in [0.29, 0.717) is 70.1 Å². The highest BCUT2D eigenvalue weighted by Crippen LogP contribution is 2.34. The zero-order valence-electron chi connectivity index (χ0n) is 19.1. The highest BCUT2D eigenvalue weighted by Gasteiger charge is 2.25. The summed E-state index contributed by atoms with van der Waals surface area (Å²) < 4.78 is 7.37. The Balaban J connectivity index is 1.33. The Kier molecular flexibility index (Phi) is 7.33. The van der Waals surface area contributed by atoms with Gasteiger partial charge in [-0.05, 0) is 30.3 Å². The molecule has 0 spiro atoms. The van der Waals surface area contributed by atoms with Crippen LogP contribution in [0.1, 0.15) is 22.4 Å². The molecule has 0 atom stereocenters. The lowest BCUT2D eigenvalue weighted by Crippen LogP contribution is -2.50. The van der Waals surface area contributed by atoms with E-state index in [9.17, 15) is 9.59 Å². The van der Waals surface area contributed by atoms with Gasteiger partial charge in [-0.3, -0.25) is 14.2 Å². The summed E-state index contributed by atoms with van der Waals surface area (Å²) in [7, 11) is 0. The number of carbonyl (C=O) groups excluding carboxylic acids is 2. The molecule has 1 saturated heterocycles. The molecule has 13 heteroatoms. The van der Waals surface area contributed by atoms with Crippen LogP contribution >= 0.6 is 46.3 Å². The molecule has 4 heterocycles. The molecule has 3 aromatic heterocycles. The molecule has 1 aliphatic heterocycles. The number of thioether (sulfide) groups is 1. The van der Waals surface area contributed by atoms with Crippen LogP contribution < -0.4 is 0 Å². The SMILES string of the molecule is CC(=O)N1CCN(C(=O)c2csc(CSc3nnc(-c4ccco4)n3-c3ccc(Cl)cc3Cl)n2)CC1. The van der Waals surface area contributed by atoms with Gasteiger partial charge in [0.25, 0.3) is 5.91 Å². The summed E-state index contributed by atoms with van der Waals surface area (Å²) in [6, 6.07) is 8.79. The van der Waals surface area contributed by atoms with Crippen molar-refractivity contribution in [3.63, 3.8) is 0 Å². The first kappa shape index (κ1) is 24.8. The van der Waals surface area contributed by atoms with E-state index in [0.717, 1.165) is 5.01 Å². The van der Waals surface area contributed by atoms with Gasteiger partial charge >= 0.3 is 0 Å². The van der Waals surface area contributed by atoms with Crippen LogP contribution in [-0.4, -0.2) is 67.5 Å². The summed E-state index contributed by atoms with van der Waals surface area (Å²) in [5.41, 5.74) is 1.07. The van der Waals surface area contributed by atoms with Crippen molar-refractivity contribution >= 4 is 58.1 Å². The predicted molar refractivity (Wildman–Crippen MR) is 139 cm³/mol. The van der Waals surface area contributed by atoms with E-state index in [-0.39, 0.29) is 11.8 Å². The number of thiazole rings is 1. The van der Waals surface area contributed by atoms with Gasteiger partial charge in [-0.15, -0.1) is 21.5 Å². The zero-order chi connectivity index (χ0) is 25.2. The molecule has 0 saturated carbocycles. The van der Waals surface area contributed by atoms with Crippen LogP contribution in [0.2, 0.25) is 10.0 Å². The summed E-state index contributed by atoms with van der Waals surface area (Å²) in [5.74, 6) is 1.44. The molecule has 1 aliphatic rings. The minimum Gasteiger partial charge on any atom is -0.461 e. The first-order valence-electron chi connectivity index (χ1n) is 11.0. The van der Waals surface area contributed by atoms with Gasteiger partial charge in [0.1, 0.15) is 10.7 Å². The molecule has 0 unspecified atom stereocenters. The van der Waals surface area contributed by atoms with E-state index < -0.39 is 0 Å². The van der Waals surface area contributed by atoms with E-state index in [1.54, 1.807) is 58.7 Å². The molecule has 1 aromatic carbocycles. The van der Waals surface area contributed by atoms with E-state index in [1.807, 2.05) is 4.57 Å². The van der Waals surface area contributed by atoms with Crippen molar-refractivity contribution in [1.82, 2.24) is 29.5 Å². The molecular formula is C23H20Cl2N6O3S2. The first-order valence-corrected chi connectivity index (χ1v) is 13.6. The number of nitrogens with zero attached hydrogens (tertiary/aromatic N) is 6. The Morgan fingerprint density at radius 2 is 1.89 bits per heavy atom. The predicted octanol–water partition coefficient (Wildman–Crippen LogP) is 4.89. The normalized spacial score (nSPS) is 13.9. The van der Waals surface area contributed by atoms with Gasteiger partial charge in [0.05, 0.1) is 22.7 Å². The molecule has 4 aromatic rings. The molecule has 5 rings (SSSR count). The summed E-state index contributed by atoms with van der Waals surface area (Å²) in [6.45, 7) is 3.62. The Morgan fingerprint density at radius 3 is 2.58 bits per heavy atom. The van der Waals surface area contributed by atoms with Crippen molar-refractivity contribution in [3.05, 3.63) is 62.7 Å². The Morgan fingerprint density at radius 1 is 1.11 bits per heavy atom. The third-order valence-corrected chi connectivity index (χ3v) is 8.14. The van der Waals surface area contributed by atoms with Crippen molar-refractivity contribution in [2.75, 3.05) is 26.2 Å². The van der Waals surface area contributed by atoms with Crippen LogP contribution in [-0.2, 0) is 10.5 Å². The lowest BCUT2D eigenvalue weighted by molar-refractivity contribution is -0.130. The van der Waals surface area contributed by atoms with E-state index in [2.05, 4.69) is 15.2 Å². The quantitative estimate of drug-likeness (QED) is 0.308. The molecular weight excluding hydrogens is 543 g/mol. The third-order valence-electron chi connectivity index (χ3n) is 5.63. The maximum Gasteiger partial charge on any atom is 0.273 e. The smallest absolute Gasteiger partial charge is 0.273 e. The van der Waals surface area contributed by atoms with Crippen molar-refractivity contribution in [2.24, 2.45) is 0 Å². The topological polar surface area (TPSA) is 97.4 Å². The lowest BCUT2D eigenvalue weighted by atomic mass is 10.3. The molecule has 0 bridgehead atoms. The number of amides is 2. The van der Waals surface area contributed by atoms with Crippen molar-refractivity contribution in [1.29, 1.82) is 0 Å². The molecule has 186 valence electrons. The first-order chi connectivity index (χ1) is 17.4. The van der Waals surface area contributed by atoms with Crippen molar-refractivity contribution in [3.8, 4) is 17.3 Å². The number of halogens is 2. The van der Waals surface area contributed by atoms with Gasteiger partial charge in [0.15, 0.2) is 10.9 Å². The fourth-order valence-corrected chi connectivity index (χ4v) is 6.02. The second-order valence-corrected chi connectivity index (χ2v) is 10.7. The minimum absolute atomic E-state index is 0.0259. The summed E-state index contributed by atoms with van der Waals surface area (Å²) in [4.78, 5) is 32.5. The summed E-state index contributed by atoms with van der Waals surface area (Å²) >= 11 is 15.4. The average Bonchev–Trinajstić information content (AvgIpc) is 3.63. The number of aromatic nitrogens is 4. The van der Waals surface area contributed by atoms with Crippen LogP contribution in [0.3, 0.4) is 0 Å². The van der Waals surface area contributed by atoms with Crippen LogP contribution in [0.4, 0.5) is 0 Å². The van der Waals surface area contributed by atoms with Gasteiger partial charge in [-0.2, -0.15) is 0 Å². The largest absolute Gasteiger partial charge is 0.461 e. The second kappa shape index (κ2) is 10.6. The number of piperazine rings is 1. The Bertz CT molecular complexity index is 1400. The molecule has 0 aliphatic carbocycles. The number of carbonyl (C=O) groups is 2. The number of hydrogen-bond donors (Lipinski definition) is 0. The van der Waals surface area contributed by atoms with Crippen LogP contribution in [0, 0.1) is 0 Å². The maximum atomic E-state index is 12.9. The van der Waals surface area contributed by atoms with Crippen LogP contribution in [0.15, 0.2) is 51.5 Å².